The lowest BCUT2D eigenvalue weighted by Gasteiger charge is -2.19. The van der Waals surface area contributed by atoms with Crippen molar-refractivity contribution in [2.45, 2.75) is 0 Å². The number of fused-ring (bicyclic) bond motifs is 4. The van der Waals surface area contributed by atoms with Gasteiger partial charge in [0.25, 0.3) is 0 Å². The number of rotatable bonds is 4. The lowest BCUT2D eigenvalue weighted by atomic mass is 9.84. The summed E-state index contributed by atoms with van der Waals surface area (Å²) in [5, 5.41) is 10.1. The molecule has 0 amide bonds. The summed E-state index contributed by atoms with van der Waals surface area (Å²) in [7, 11) is 0. The van der Waals surface area contributed by atoms with Crippen molar-refractivity contribution < 1.29 is 0 Å². The van der Waals surface area contributed by atoms with Gasteiger partial charge < -0.3 is 0 Å². The molecule has 0 aliphatic heterocycles. The molecule has 9 aromatic rings. The standard InChI is InChI=1S/C46H30/c1-2-12-31(13-3-1)38-28-39(36-24-22-32-14-4-6-16-34(32)26-36)30-40(29-38)46-43-20-10-8-18-41(43)45(42-19-9-11-21-44(42)46)37-25-23-33-15-5-7-17-35(33)27-37/h1-30H. The van der Waals surface area contributed by atoms with Crippen molar-refractivity contribution in [2.75, 3.05) is 0 Å². The maximum absolute atomic E-state index is 2.39. The molecule has 0 heteroatoms. The van der Waals surface area contributed by atoms with Crippen LogP contribution in [0.25, 0.3) is 87.6 Å². The monoisotopic (exact) mass is 582 g/mol. The Bertz CT molecular complexity index is 2520. The van der Waals surface area contributed by atoms with Gasteiger partial charge in [-0.1, -0.05) is 152 Å². The van der Waals surface area contributed by atoms with Crippen LogP contribution in [0.4, 0.5) is 0 Å². The molecule has 9 aromatic carbocycles. The molecule has 0 aromatic heterocycles. The van der Waals surface area contributed by atoms with E-state index < -0.39 is 0 Å². The Labute approximate surface area is 268 Å². The summed E-state index contributed by atoms with van der Waals surface area (Å²) in [5.41, 5.74) is 9.90. The van der Waals surface area contributed by atoms with Crippen molar-refractivity contribution in [1.82, 2.24) is 0 Å². The van der Waals surface area contributed by atoms with Crippen molar-refractivity contribution in [2.24, 2.45) is 0 Å². The quantitative estimate of drug-likeness (QED) is 0.181. The van der Waals surface area contributed by atoms with Crippen molar-refractivity contribution in [3.05, 3.63) is 182 Å². The van der Waals surface area contributed by atoms with E-state index in [-0.39, 0.29) is 0 Å². The van der Waals surface area contributed by atoms with Crippen LogP contribution in [0.5, 0.6) is 0 Å². The van der Waals surface area contributed by atoms with Gasteiger partial charge in [0.15, 0.2) is 0 Å². The van der Waals surface area contributed by atoms with Gasteiger partial charge in [0.05, 0.1) is 0 Å². The van der Waals surface area contributed by atoms with E-state index in [9.17, 15) is 0 Å². The van der Waals surface area contributed by atoms with Crippen LogP contribution in [0, 0.1) is 0 Å². The number of hydrogen-bond acceptors (Lipinski definition) is 0. The van der Waals surface area contributed by atoms with E-state index >= 15 is 0 Å². The van der Waals surface area contributed by atoms with Gasteiger partial charge in [-0.05, 0) is 118 Å². The molecule has 0 unspecified atom stereocenters. The number of hydrogen-bond donors (Lipinski definition) is 0. The summed E-state index contributed by atoms with van der Waals surface area (Å²) in [4.78, 5) is 0. The zero-order valence-electron chi connectivity index (χ0n) is 25.3. The highest BCUT2D eigenvalue weighted by Gasteiger charge is 2.18. The molecular formula is C46H30. The van der Waals surface area contributed by atoms with Crippen LogP contribution in [0.2, 0.25) is 0 Å². The maximum Gasteiger partial charge on any atom is -0.00259 e. The SMILES string of the molecule is c1ccc(-c2cc(-c3ccc4ccccc4c3)cc(-c3c4ccccc4c(-c4ccc5ccccc5c4)c4ccccc34)c2)cc1. The fraction of sp³-hybridized carbons (Fsp3) is 0. The van der Waals surface area contributed by atoms with E-state index in [0.717, 1.165) is 0 Å². The zero-order chi connectivity index (χ0) is 30.5. The van der Waals surface area contributed by atoms with Crippen molar-refractivity contribution in [3.63, 3.8) is 0 Å². The second-order valence-corrected chi connectivity index (χ2v) is 12.1. The normalized spacial score (nSPS) is 11.5. The summed E-state index contributed by atoms with van der Waals surface area (Å²) < 4.78 is 0. The fourth-order valence-electron chi connectivity index (χ4n) is 7.20. The van der Waals surface area contributed by atoms with Crippen LogP contribution >= 0.6 is 0 Å². The van der Waals surface area contributed by atoms with Crippen molar-refractivity contribution in [1.29, 1.82) is 0 Å². The third kappa shape index (κ3) is 4.47. The second-order valence-electron chi connectivity index (χ2n) is 12.1. The summed E-state index contributed by atoms with van der Waals surface area (Å²) in [5.74, 6) is 0. The predicted octanol–water partition coefficient (Wildman–Crippen LogP) is 13.0. The van der Waals surface area contributed by atoms with Crippen LogP contribution in [0.3, 0.4) is 0 Å². The molecule has 0 nitrogen and oxygen atoms in total. The molecule has 0 atom stereocenters. The van der Waals surface area contributed by atoms with E-state index in [4.69, 9.17) is 0 Å². The van der Waals surface area contributed by atoms with E-state index in [1.807, 2.05) is 0 Å². The molecule has 0 fully saturated rings. The minimum absolute atomic E-state index is 1.22. The first-order valence-electron chi connectivity index (χ1n) is 15.9. The first-order valence-corrected chi connectivity index (χ1v) is 15.9. The topological polar surface area (TPSA) is 0 Å². The average Bonchev–Trinajstić information content (AvgIpc) is 3.13. The summed E-state index contributed by atoms with van der Waals surface area (Å²) in [6.07, 6.45) is 0. The zero-order valence-corrected chi connectivity index (χ0v) is 25.3. The van der Waals surface area contributed by atoms with Crippen LogP contribution in [0.1, 0.15) is 0 Å². The average molecular weight is 583 g/mol. The van der Waals surface area contributed by atoms with Gasteiger partial charge in [-0.15, -0.1) is 0 Å². The van der Waals surface area contributed by atoms with Crippen LogP contribution in [0.15, 0.2) is 182 Å². The van der Waals surface area contributed by atoms with E-state index in [0.29, 0.717) is 0 Å². The molecule has 0 heterocycles. The highest BCUT2D eigenvalue weighted by atomic mass is 14.2. The number of benzene rings is 9. The summed E-state index contributed by atoms with van der Waals surface area (Å²) in [6.45, 7) is 0. The van der Waals surface area contributed by atoms with Crippen LogP contribution < -0.4 is 0 Å². The van der Waals surface area contributed by atoms with Crippen molar-refractivity contribution >= 4 is 43.1 Å². The molecule has 9 rings (SSSR count). The minimum Gasteiger partial charge on any atom is -0.0622 e. The minimum atomic E-state index is 1.22. The predicted molar refractivity (Wildman–Crippen MR) is 198 cm³/mol. The summed E-state index contributed by atoms with van der Waals surface area (Å²) >= 11 is 0. The van der Waals surface area contributed by atoms with Gasteiger partial charge in [-0.2, -0.15) is 0 Å². The Kier molecular flexibility index (Phi) is 6.25. The van der Waals surface area contributed by atoms with Crippen LogP contribution in [-0.4, -0.2) is 0 Å². The fourth-order valence-corrected chi connectivity index (χ4v) is 7.20. The third-order valence-electron chi connectivity index (χ3n) is 9.38. The molecule has 0 spiro atoms. The Morgan fingerprint density at radius 3 is 1.15 bits per heavy atom. The Hall–Kier alpha value is -5.98. The Morgan fingerprint density at radius 1 is 0.196 bits per heavy atom. The van der Waals surface area contributed by atoms with Gasteiger partial charge >= 0.3 is 0 Å². The first kappa shape index (κ1) is 26.4. The lowest BCUT2D eigenvalue weighted by Crippen LogP contribution is -1.92. The second kappa shape index (κ2) is 10.9. The smallest absolute Gasteiger partial charge is 0.00259 e. The van der Waals surface area contributed by atoms with Gasteiger partial charge in [0, 0.05) is 0 Å². The van der Waals surface area contributed by atoms with Gasteiger partial charge in [-0.25, -0.2) is 0 Å². The van der Waals surface area contributed by atoms with E-state index in [1.54, 1.807) is 0 Å². The van der Waals surface area contributed by atoms with Crippen LogP contribution in [-0.2, 0) is 0 Å². The highest BCUT2D eigenvalue weighted by molar-refractivity contribution is 6.22. The maximum atomic E-state index is 2.39. The molecule has 0 saturated heterocycles. The highest BCUT2D eigenvalue weighted by Crippen LogP contribution is 2.45. The van der Waals surface area contributed by atoms with E-state index in [1.165, 1.54) is 87.6 Å². The van der Waals surface area contributed by atoms with Gasteiger partial charge in [0.2, 0.25) is 0 Å². The molecule has 0 aliphatic rings. The van der Waals surface area contributed by atoms with Crippen molar-refractivity contribution in [3.8, 4) is 44.5 Å². The van der Waals surface area contributed by atoms with Gasteiger partial charge in [-0.3, -0.25) is 0 Å². The molecule has 0 radical (unpaired) electrons. The molecule has 0 N–H and O–H groups in total. The van der Waals surface area contributed by atoms with Gasteiger partial charge in [0.1, 0.15) is 0 Å². The third-order valence-corrected chi connectivity index (χ3v) is 9.38. The molecular weight excluding hydrogens is 553 g/mol. The Balaban J connectivity index is 1.35. The molecule has 0 saturated carbocycles. The molecule has 214 valence electrons. The largest absolute Gasteiger partial charge is 0.0622 e. The van der Waals surface area contributed by atoms with E-state index in [2.05, 4.69) is 182 Å². The molecule has 0 aliphatic carbocycles. The molecule has 46 heavy (non-hydrogen) atoms. The lowest BCUT2D eigenvalue weighted by molar-refractivity contribution is 1.59. The summed E-state index contributed by atoms with van der Waals surface area (Å²) in [6, 6.07) is 66.7. The Morgan fingerprint density at radius 2 is 0.587 bits per heavy atom. The first-order chi connectivity index (χ1) is 22.8. The molecule has 0 bridgehead atoms.